The van der Waals surface area contributed by atoms with Gasteiger partial charge in [0.2, 0.25) is 0 Å². The number of phenols is 2. The van der Waals surface area contributed by atoms with Gasteiger partial charge in [-0.3, -0.25) is 0 Å². The molecule has 18 heavy (non-hydrogen) atoms. The van der Waals surface area contributed by atoms with Crippen LogP contribution in [0.3, 0.4) is 0 Å². The Balaban J connectivity index is 2.39. The fourth-order valence-electron chi connectivity index (χ4n) is 1.57. The van der Waals surface area contributed by atoms with Gasteiger partial charge < -0.3 is 25.4 Å². The first-order valence-electron chi connectivity index (χ1n) is 5.87. The lowest BCUT2D eigenvalue weighted by Gasteiger charge is -2.23. The molecule has 1 rings (SSSR count). The Kier molecular flexibility index (Phi) is 5.40. The van der Waals surface area contributed by atoms with Crippen LogP contribution >= 0.6 is 0 Å². The standard InChI is InChI=1S/C13H21NO4/c1-13(17,5-6-18-2)9-14-8-10-3-4-11(15)12(16)7-10/h3-4,7,14-17H,5-6,8-9H2,1-2H3. The molecular weight excluding hydrogens is 234 g/mol. The van der Waals surface area contributed by atoms with Crippen molar-refractivity contribution in [2.24, 2.45) is 0 Å². The van der Waals surface area contributed by atoms with E-state index in [9.17, 15) is 15.3 Å². The fraction of sp³-hybridized carbons (Fsp3) is 0.538. The lowest BCUT2D eigenvalue weighted by molar-refractivity contribution is 0.0247. The van der Waals surface area contributed by atoms with Gasteiger partial charge in [0.25, 0.3) is 0 Å². The van der Waals surface area contributed by atoms with Crippen LogP contribution in [-0.4, -0.2) is 41.2 Å². The molecular formula is C13H21NO4. The van der Waals surface area contributed by atoms with E-state index >= 15 is 0 Å². The van der Waals surface area contributed by atoms with Crippen LogP contribution < -0.4 is 5.32 Å². The van der Waals surface area contributed by atoms with E-state index in [0.717, 1.165) is 5.56 Å². The van der Waals surface area contributed by atoms with Crippen molar-refractivity contribution in [1.29, 1.82) is 0 Å². The zero-order chi connectivity index (χ0) is 13.6. The minimum atomic E-state index is -0.824. The normalized spacial score (nSPS) is 14.4. The summed E-state index contributed by atoms with van der Waals surface area (Å²) < 4.78 is 4.92. The second-order valence-electron chi connectivity index (χ2n) is 4.67. The molecule has 0 radical (unpaired) electrons. The molecule has 0 saturated heterocycles. The predicted molar refractivity (Wildman–Crippen MR) is 68.6 cm³/mol. The predicted octanol–water partition coefficient (Wildman–Crippen LogP) is 0.975. The fourth-order valence-corrected chi connectivity index (χ4v) is 1.57. The van der Waals surface area contributed by atoms with Gasteiger partial charge in [0, 0.05) is 33.2 Å². The summed E-state index contributed by atoms with van der Waals surface area (Å²) in [6.45, 7) is 3.19. The van der Waals surface area contributed by atoms with Crippen molar-refractivity contribution in [2.45, 2.75) is 25.5 Å². The van der Waals surface area contributed by atoms with E-state index in [-0.39, 0.29) is 11.5 Å². The number of nitrogens with one attached hydrogen (secondary N) is 1. The number of hydrogen-bond acceptors (Lipinski definition) is 5. The molecule has 0 aliphatic carbocycles. The largest absolute Gasteiger partial charge is 0.504 e. The smallest absolute Gasteiger partial charge is 0.157 e. The number of ether oxygens (including phenoxy) is 1. The van der Waals surface area contributed by atoms with E-state index in [2.05, 4.69) is 5.32 Å². The van der Waals surface area contributed by atoms with Crippen LogP contribution in [0.25, 0.3) is 0 Å². The molecule has 0 aliphatic heterocycles. The summed E-state index contributed by atoms with van der Waals surface area (Å²) in [7, 11) is 1.60. The highest BCUT2D eigenvalue weighted by Crippen LogP contribution is 2.24. The number of aromatic hydroxyl groups is 2. The van der Waals surface area contributed by atoms with Gasteiger partial charge in [0.15, 0.2) is 11.5 Å². The number of phenolic OH excluding ortho intramolecular Hbond substituents is 2. The molecule has 0 heterocycles. The molecule has 0 aliphatic rings. The molecule has 4 N–H and O–H groups in total. The molecule has 0 aromatic heterocycles. The average Bonchev–Trinajstić information content (AvgIpc) is 2.31. The molecule has 0 fully saturated rings. The number of rotatable bonds is 7. The third-order valence-corrected chi connectivity index (χ3v) is 2.72. The van der Waals surface area contributed by atoms with Crippen LogP contribution in [0.15, 0.2) is 18.2 Å². The van der Waals surface area contributed by atoms with Gasteiger partial charge in [-0.1, -0.05) is 6.07 Å². The summed E-state index contributed by atoms with van der Waals surface area (Å²) in [6.07, 6.45) is 0.553. The zero-order valence-corrected chi connectivity index (χ0v) is 10.8. The van der Waals surface area contributed by atoms with Crippen molar-refractivity contribution in [2.75, 3.05) is 20.3 Å². The van der Waals surface area contributed by atoms with Gasteiger partial charge in [-0.2, -0.15) is 0 Å². The zero-order valence-electron chi connectivity index (χ0n) is 10.8. The van der Waals surface area contributed by atoms with E-state index in [4.69, 9.17) is 4.74 Å². The lowest BCUT2D eigenvalue weighted by atomic mass is 10.0. The van der Waals surface area contributed by atoms with Crippen molar-refractivity contribution >= 4 is 0 Å². The molecule has 1 unspecified atom stereocenters. The van der Waals surface area contributed by atoms with Crippen LogP contribution in [0.5, 0.6) is 11.5 Å². The molecule has 0 amide bonds. The van der Waals surface area contributed by atoms with Crippen LogP contribution in [0.4, 0.5) is 0 Å². The van der Waals surface area contributed by atoms with Crippen molar-refractivity contribution in [3.63, 3.8) is 0 Å². The lowest BCUT2D eigenvalue weighted by Crippen LogP contribution is -2.38. The molecule has 1 aromatic carbocycles. The van der Waals surface area contributed by atoms with E-state index in [1.165, 1.54) is 12.1 Å². The monoisotopic (exact) mass is 255 g/mol. The Morgan fingerprint density at radius 3 is 2.61 bits per heavy atom. The van der Waals surface area contributed by atoms with Gasteiger partial charge in [0.1, 0.15) is 0 Å². The Morgan fingerprint density at radius 1 is 1.28 bits per heavy atom. The molecule has 1 aromatic rings. The van der Waals surface area contributed by atoms with Gasteiger partial charge in [-0.05, 0) is 24.6 Å². The SMILES string of the molecule is COCCC(C)(O)CNCc1ccc(O)c(O)c1. The first-order chi connectivity index (χ1) is 8.44. The molecule has 5 nitrogen and oxygen atoms in total. The van der Waals surface area contributed by atoms with Gasteiger partial charge in [-0.15, -0.1) is 0 Å². The molecule has 102 valence electrons. The summed E-state index contributed by atoms with van der Waals surface area (Å²) in [5.41, 5.74) is 0.0162. The minimum Gasteiger partial charge on any atom is -0.504 e. The second-order valence-corrected chi connectivity index (χ2v) is 4.67. The minimum absolute atomic E-state index is 0.133. The number of aliphatic hydroxyl groups is 1. The molecule has 0 saturated carbocycles. The molecule has 0 spiro atoms. The van der Waals surface area contributed by atoms with Crippen molar-refractivity contribution in [1.82, 2.24) is 5.32 Å². The Hall–Kier alpha value is -1.30. The molecule has 1 atom stereocenters. The Labute approximate surface area is 107 Å². The van der Waals surface area contributed by atoms with E-state index < -0.39 is 5.60 Å². The Morgan fingerprint density at radius 2 is 2.00 bits per heavy atom. The van der Waals surface area contributed by atoms with Crippen molar-refractivity contribution in [3.8, 4) is 11.5 Å². The molecule has 5 heteroatoms. The molecule has 0 bridgehead atoms. The maximum Gasteiger partial charge on any atom is 0.157 e. The van der Waals surface area contributed by atoms with E-state index in [0.29, 0.717) is 26.1 Å². The second kappa shape index (κ2) is 6.58. The maximum atomic E-state index is 9.99. The third-order valence-electron chi connectivity index (χ3n) is 2.72. The number of hydrogen-bond donors (Lipinski definition) is 4. The topological polar surface area (TPSA) is 82.0 Å². The van der Waals surface area contributed by atoms with Crippen LogP contribution in [0, 0.1) is 0 Å². The third kappa shape index (κ3) is 4.91. The summed E-state index contributed by atoms with van der Waals surface area (Å²) in [4.78, 5) is 0. The first-order valence-corrected chi connectivity index (χ1v) is 5.87. The highest BCUT2D eigenvalue weighted by Gasteiger charge is 2.19. The van der Waals surface area contributed by atoms with E-state index in [1.807, 2.05) is 0 Å². The average molecular weight is 255 g/mol. The maximum absolute atomic E-state index is 9.99. The van der Waals surface area contributed by atoms with E-state index in [1.54, 1.807) is 20.1 Å². The highest BCUT2D eigenvalue weighted by molar-refractivity contribution is 5.40. The summed E-state index contributed by atoms with van der Waals surface area (Å²) >= 11 is 0. The Bertz CT molecular complexity index is 379. The van der Waals surface area contributed by atoms with Gasteiger partial charge >= 0.3 is 0 Å². The summed E-state index contributed by atoms with van der Waals surface area (Å²) in [5, 5.41) is 31.6. The first kappa shape index (κ1) is 14.8. The quantitative estimate of drug-likeness (QED) is 0.546. The van der Waals surface area contributed by atoms with Crippen molar-refractivity contribution < 1.29 is 20.1 Å². The number of benzene rings is 1. The van der Waals surface area contributed by atoms with Crippen LogP contribution in [-0.2, 0) is 11.3 Å². The summed E-state index contributed by atoms with van der Waals surface area (Å²) in [6, 6.07) is 4.65. The van der Waals surface area contributed by atoms with Gasteiger partial charge in [-0.25, -0.2) is 0 Å². The van der Waals surface area contributed by atoms with Gasteiger partial charge in [0.05, 0.1) is 5.60 Å². The van der Waals surface area contributed by atoms with Crippen molar-refractivity contribution in [3.05, 3.63) is 23.8 Å². The summed E-state index contributed by atoms with van der Waals surface area (Å²) in [5.74, 6) is -0.272. The number of methoxy groups -OCH3 is 1. The van der Waals surface area contributed by atoms with Crippen LogP contribution in [0.2, 0.25) is 0 Å². The highest BCUT2D eigenvalue weighted by atomic mass is 16.5. The van der Waals surface area contributed by atoms with Crippen LogP contribution in [0.1, 0.15) is 18.9 Å².